The van der Waals surface area contributed by atoms with Crippen molar-refractivity contribution in [3.05, 3.63) is 46.6 Å². The minimum absolute atomic E-state index is 0.336. The number of thioether (sulfide) groups is 1. The summed E-state index contributed by atoms with van der Waals surface area (Å²) in [5, 5.41) is 14.3. The monoisotopic (exact) mass is 276 g/mol. The van der Waals surface area contributed by atoms with E-state index in [0.717, 1.165) is 27.6 Å². The van der Waals surface area contributed by atoms with Crippen LogP contribution in [0, 0.1) is 13.8 Å². The van der Waals surface area contributed by atoms with E-state index in [2.05, 4.69) is 5.10 Å². The van der Waals surface area contributed by atoms with Crippen LogP contribution in [0.5, 0.6) is 0 Å². The maximum atomic E-state index is 10.9. The maximum Gasteiger partial charge on any atom is 0.335 e. The van der Waals surface area contributed by atoms with Crippen LogP contribution < -0.4 is 0 Å². The normalized spacial score (nSPS) is 10.7. The molecular formula is C14H16N2O2S. The third-order valence-electron chi connectivity index (χ3n) is 2.92. The average Bonchev–Trinajstić information content (AvgIpc) is 2.66. The maximum absolute atomic E-state index is 10.9. The lowest BCUT2D eigenvalue weighted by atomic mass is 10.1. The highest BCUT2D eigenvalue weighted by Gasteiger charge is 2.08. The van der Waals surface area contributed by atoms with Crippen LogP contribution in [0.4, 0.5) is 0 Å². The summed E-state index contributed by atoms with van der Waals surface area (Å²) in [5.41, 5.74) is 3.49. The fraction of sp³-hybridized carbons (Fsp3) is 0.286. The lowest BCUT2D eigenvalue weighted by molar-refractivity contribution is 0.0697. The lowest BCUT2D eigenvalue weighted by Crippen LogP contribution is -1.98. The largest absolute Gasteiger partial charge is 0.478 e. The number of aryl methyl sites for hydroxylation is 3. The fourth-order valence-electron chi connectivity index (χ4n) is 1.86. The third kappa shape index (κ3) is 3.17. The first-order valence-corrected chi connectivity index (χ1v) is 6.92. The van der Waals surface area contributed by atoms with Gasteiger partial charge in [-0.3, -0.25) is 4.68 Å². The van der Waals surface area contributed by atoms with E-state index in [4.69, 9.17) is 5.11 Å². The first kappa shape index (κ1) is 13.7. The number of benzene rings is 1. The molecule has 5 heteroatoms. The molecule has 0 aliphatic carbocycles. The van der Waals surface area contributed by atoms with Gasteiger partial charge >= 0.3 is 5.97 Å². The lowest BCUT2D eigenvalue weighted by Gasteiger charge is -2.07. The van der Waals surface area contributed by atoms with Crippen molar-refractivity contribution < 1.29 is 9.90 Å². The molecule has 0 unspecified atom stereocenters. The highest BCUT2D eigenvalue weighted by atomic mass is 32.2. The Morgan fingerprint density at radius 2 is 2.11 bits per heavy atom. The van der Waals surface area contributed by atoms with Crippen LogP contribution in [0.3, 0.4) is 0 Å². The first-order valence-electron chi connectivity index (χ1n) is 5.93. The molecule has 0 saturated carbocycles. The van der Waals surface area contributed by atoms with Crippen molar-refractivity contribution in [2.45, 2.75) is 24.6 Å². The summed E-state index contributed by atoms with van der Waals surface area (Å²) in [6.07, 6.45) is 0. The van der Waals surface area contributed by atoms with Crippen molar-refractivity contribution in [3.8, 4) is 0 Å². The average molecular weight is 276 g/mol. The van der Waals surface area contributed by atoms with Gasteiger partial charge in [0.1, 0.15) is 0 Å². The Hall–Kier alpha value is -1.75. The molecule has 0 aliphatic heterocycles. The minimum Gasteiger partial charge on any atom is -0.478 e. The van der Waals surface area contributed by atoms with Crippen molar-refractivity contribution in [2.75, 3.05) is 0 Å². The summed E-state index contributed by atoms with van der Waals surface area (Å²) in [5.74, 6) is -0.0744. The van der Waals surface area contributed by atoms with Gasteiger partial charge in [-0.15, -0.1) is 11.8 Å². The van der Waals surface area contributed by atoms with Crippen LogP contribution in [0.15, 0.2) is 29.3 Å². The Labute approximate surface area is 116 Å². The van der Waals surface area contributed by atoms with Gasteiger partial charge in [0.2, 0.25) is 0 Å². The molecule has 0 saturated heterocycles. The highest BCUT2D eigenvalue weighted by molar-refractivity contribution is 7.98. The van der Waals surface area contributed by atoms with Crippen LogP contribution in [0.2, 0.25) is 0 Å². The zero-order valence-corrected chi connectivity index (χ0v) is 12.0. The molecule has 1 heterocycles. The Morgan fingerprint density at radius 3 is 2.63 bits per heavy atom. The van der Waals surface area contributed by atoms with Gasteiger partial charge < -0.3 is 5.11 Å². The van der Waals surface area contributed by atoms with Gasteiger partial charge in [-0.2, -0.15) is 5.10 Å². The summed E-state index contributed by atoms with van der Waals surface area (Å²) in [6.45, 7) is 3.91. The van der Waals surface area contributed by atoms with Crippen LogP contribution in [-0.4, -0.2) is 20.9 Å². The van der Waals surface area contributed by atoms with E-state index in [1.807, 2.05) is 37.7 Å². The van der Waals surface area contributed by atoms with Crippen LogP contribution in [0.25, 0.3) is 0 Å². The second-order valence-electron chi connectivity index (χ2n) is 4.48. The molecule has 4 nitrogen and oxygen atoms in total. The molecule has 0 spiro atoms. The van der Waals surface area contributed by atoms with Gasteiger partial charge in [0.05, 0.1) is 16.3 Å². The van der Waals surface area contributed by atoms with Gasteiger partial charge in [0.15, 0.2) is 0 Å². The van der Waals surface area contributed by atoms with Crippen molar-refractivity contribution in [2.24, 2.45) is 7.05 Å². The van der Waals surface area contributed by atoms with Crippen molar-refractivity contribution in [1.82, 2.24) is 9.78 Å². The van der Waals surface area contributed by atoms with Gasteiger partial charge in [-0.05, 0) is 43.2 Å². The Bertz CT molecular complexity index is 620. The number of carboxylic acids is 1. The molecule has 0 bridgehead atoms. The summed E-state index contributed by atoms with van der Waals surface area (Å²) in [7, 11) is 1.93. The van der Waals surface area contributed by atoms with E-state index in [-0.39, 0.29) is 0 Å². The number of hydrogen-bond acceptors (Lipinski definition) is 3. The number of aromatic nitrogens is 2. The predicted octanol–water partition coefficient (Wildman–Crippen LogP) is 3.03. The zero-order chi connectivity index (χ0) is 14.0. The summed E-state index contributed by atoms with van der Waals surface area (Å²) >= 11 is 1.70. The van der Waals surface area contributed by atoms with E-state index in [0.29, 0.717) is 5.56 Å². The fourth-order valence-corrected chi connectivity index (χ4v) is 2.97. The highest BCUT2D eigenvalue weighted by Crippen LogP contribution is 2.25. The van der Waals surface area contributed by atoms with Crippen molar-refractivity contribution >= 4 is 17.7 Å². The van der Waals surface area contributed by atoms with Gasteiger partial charge in [-0.1, -0.05) is 6.07 Å². The van der Waals surface area contributed by atoms with Gasteiger partial charge in [0.25, 0.3) is 0 Å². The molecule has 2 rings (SSSR count). The van der Waals surface area contributed by atoms with E-state index in [1.54, 1.807) is 23.9 Å². The van der Waals surface area contributed by atoms with Crippen LogP contribution >= 0.6 is 11.8 Å². The molecule has 0 radical (unpaired) electrons. The number of rotatable bonds is 4. The summed E-state index contributed by atoms with van der Waals surface area (Å²) in [6, 6.07) is 7.30. The minimum atomic E-state index is -0.885. The second-order valence-corrected chi connectivity index (χ2v) is 5.48. The Kier molecular flexibility index (Phi) is 3.95. The molecule has 1 aromatic heterocycles. The summed E-state index contributed by atoms with van der Waals surface area (Å²) in [4.78, 5) is 10.9. The van der Waals surface area contributed by atoms with Gasteiger partial charge in [0, 0.05) is 12.8 Å². The second kappa shape index (κ2) is 5.48. The molecule has 0 fully saturated rings. The number of carbonyl (C=O) groups is 1. The van der Waals surface area contributed by atoms with E-state index in [1.165, 1.54) is 0 Å². The van der Waals surface area contributed by atoms with Crippen molar-refractivity contribution in [1.29, 1.82) is 0 Å². The molecule has 1 N–H and O–H groups in total. The SMILES string of the molecule is Cc1cc(SCc2ccc(C(=O)O)cc2C)n(C)n1. The molecule has 19 heavy (non-hydrogen) atoms. The molecule has 1 aromatic carbocycles. The quantitative estimate of drug-likeness (QED) is 0.872. The first-order chi connectivity index (χ1) is 8.97. The number of carboxylic acid groups (broad SMARTS) is 1. The molecule has 2 aromatic rings. The van der Waals surface area contributed by atoms with Crippen LogP contribution in [0.1, 0.15) is 27.2 Å². The number of hydrogen-bond donors (Lipinski definition) is 1. The third-order valence-corrected chi connectivity index (χ3v) is 4.06. The zero-order valence-electron chi connectivity index (χ0n) is 11.2. The van der Waals surface area contributed by atoms with Gasteiger partial charge in [-0.25, -0.2) is 4.79 Å². The predicted molar refractivity (Wildman–Crippen MR) is 75.6 cm³/mol. The Balaban J connectivity index is 2.12. The van der Waals surface area contributed by atoms with Crippen LogP contribution in [-0.2, 0) is 12.8 Å². The van der Waals surface area contributed by atoms with E-state index in [9.17, 15) is 4.79 Å². The van der Waals surface area contributed by atoms with E-state index >= 15 is 0 Å². The standard InChI is InChI=1S/C14H16N2O2S/c1-9-6-11(14(17)18)4-5-12(9)8-19-13-7-10(2)15-16(13)3/h4-7H,8H2,1-3H3,(H,17,18). The molecule has 100 valence electrons. The molecule has 0 amide bonds. The number of nitrogens with zero attached hydrogens (tertiary/aromatic N) is 2. The Morgan fingerprint density at radius 1 is 1.37 bits per heavy atom. The number of aromatic carboxylic acids is 1. The van der Waals surface area contributed by atoms with Crippen molar-refractivity contribution in [3.63, 3.8) is 0 Å². The molecule has 0 aliphatic rings. The summed E-state index contributed by atoms with van der Waals surface area (Å²) < 4.78 is 1.86. The van der Waals surface area contributed by atoms with E-state index < -0.39 is 5.97 Å². The topological polar surface area (TPSA) is 55.1 Å². The molecule has 0 atom stereocenters. The molecular weight excluding hydrogens is 260 g/mol. The smallest absolute Gasteiger partial charge is 0.335 e.